The zero-order valence-corrected chi connectivity index (χ0v) is 27.7. The van der Waals surface area contributed by atoms with Crippen LogP contribution >= 0.6 is 0 Å². The molecule has 0 bridgehead atoms. The van der Waals surface area contributed by atoms with Crippen molar-refractivity contribution in [1.82, 2.24) is 25.2 Å². The second kappa shape index (κ2) is 14.7. The molecule has 2 unspecified atom stereocenters. The molecule has 5 heterocycles. The number of ketones is 1. The molecular weight excluding hydrogens is 657 g/mol. The highest BCUT2D eigenvalue weighted by Gasteiger charge is 2.45. The number of fused-ring (bicyclic) bond motifs is 2. The fraction of sp³-hybridized carbons (Fsp3) is 0.351. The number of nitrogens with one attached hydrogen (secondary N) is 3. The van der Waals surface area contributed by atoms with Crippen LogP contribution in [-0.2, 0) is 20.7 Å². The molecule has 2 aliphatic heterocycles. The molecule has 0 spiro atoms. The Labute approximate surface area is 292 Å². The monoisotopic (exact) mass is 693 g/mol. The summed E-state index contributed by atoms with van der Waals surface area (Å²) in [7, 11) is 0. The number of alkyl halides is 1. The van der Waals surface area contributed by atoms with Gasteiger partial charge in [0.1, 0.15) is 12.2 Å². The number of nitrogens with zero attached hydrogens (tertiary/aromatic N) is 4. The minimum absolute atomic E-state index is 0.0145. The standard InChI is InChI=1S/C37H36FN7O6/c38-22(20-51-15-14-40-29-3-1-2-26-34(29)37(50)45(36(26)49)31-9-11-33(47)44-35(31)48)5-10-32(46)27-19-41-25(17-30(27)42-23-7-8-23)16-24-6-4-21-18-39-13-12-28(21)43-24/h1-4,6,12-13,17-19,22-23,31,40H,5,7-11,14-16,20H2,(H,41,42)(H,44,47,48). The lowest BCUT2D eigenvalue weighted by Crippen LogP contribution is -2.54. The van der Waals surface area contributed by atoms with Gasteiger partial charge in [-0.25, -0.2) is 4.39 Å². The highest BCUT2D eigenvalue weighted by atomic mass is 19.1. The highest BCUT2D eigenvalue weighted by molar-refractivity contribution is 6.25. The van der Waals surface area contributed by atoms with Crippen LogP contribution in [0.2, 0.25) is 0 Å². The van der Waals surface area contributed by atoms with Crippen LogP contribution in [0.25, 0.3) is 10.9 Å². The number of hydrogen-bond donors (Lipinski definition) is 3. The van der Waals surface area contributed by atoms with Gasteiger partial charge in [-0.3, -0.25) is 49.1 Å². The molecule has 0 radical (unpaired) electrons. The molecule has 3 N–H and O–H groups in total. The molecule has 4 aromatic rings. The SMILES string of the molecule is O=C1CCC(N2C(=O)c3cccc(NCCOCC(F)CCC(=O)c4cnc(Cc5ccc6cnccc6n5)cc4NC4CC4)c3C2=O)C(=O)N1. The zero-order valence-electron chi connectivity index (χ0n) is 27.7. The lowest BCUT2D eigenvalue weighted by atomic mass is 10.0. The van der Waals surface area contributed by atoms with Gasteiger partial charge in [-0.1, -0.05) is 6.07 Å². The summed E-state index contributed by atoms with van der Waals surface area (Å²) in [5, 5.41) is 9.62. The largest absolute Gasteiger partial charge is 0.382 e. The Morgan fingerprint density at radius 2 is 1.88 bits per heavy atom. The average Bonchev–Trinajstić information content (AvgIpc) is 3.91. The molecule has 1 saturated carbocycles. The van der Waals surface area contributed by atoms with Gasteiger partial charge in [-0.2, -0.15) is 0 Å². The van der Waals surface area contributed by atoms with E-state index in [0.717, 1.165) is 40.0 Å². The summed E-state index contributed by atoms with van der Waals surface area (Å²) in [4.78, 5) is 77.7. The van der Waals surface area contributed by atoms with Crippen molar-refractivity contribution in [2.75, 3.05) is 30.4 Å². The quantitative estimate of drug-likeness (QED) is 0.0933. The molecule has 1 saturated heterocycles. The van der Waals surface area contributed by atoms with Crippen molar-refractivity contribution in [1.29, 1.82) is 0 Å². The molecule has 1 aliphatic carbocycles. The summed E-state index contributed by atoms with van der Waals surface area (Å²) < 4.78 is 20.4. The fourth-order valence-corrected chi connectivity index (χ4v) is 6.31. The number of hydrogen-bond acceptors (Lipinski definition) is 11. The number of rotatable bonds is 15. The van der Waals surface area contributed by atoms with Gasteiger partial charge in [-0.05, 0) is 62.1 Å². The van der Waals surface area contributed by atoms with Gasteiger partial charge >= 0.3 is 0 Å². The second-order valence-electron chi connectivity index (χ2n) is 12.9. The second-order valence-corrected chi connectivity index (χ2v) is 12.9. The van der Waals surface area contributed by atoms with Crippen molar-refractivity contribution in [2.24, 2.45) is 0 Å². The van der Waals surface area contributed by atoms with E-state index in [2.05, 4.69) is 25.9 Å². The summed E-state index contributed by atoms with van der Waals surface area (Å²) in [6.45, 7) is 0.0880. The molecule has 1 aromatic carbocycles. The van der Waals surface area contributed by atoms with Gasteiger partial charge in [0.15, 0.2) is 5.78 Å². The summed E-state index contributed by atoms with van der Waals surface area (Å²) >= 11 is 0. The minimum Gasteiger partial charge on any atom is -0.382 e. The van der Waals surface area contributed by atoms with Crippen LogP contribution in [0.5, 0.6) is 0 Å². The first kappa shape index (κ1) is 33.8. The van der Waals surface area contributed by atoms with Gasteiger partial charge in [-0.15, -0.1) is 0 Å². The average molecular weight is 694 g/mol. The third-order valence-electron chi connectivity index (χ3n) is 9.12. The number of aromatic nitrogens is 3. The molecule has 7 rings (SSSR count). The third-order valence-corrected chi connectivity index (χ3v) is 9.12. The minimum atomic E-state index is -1.38. The van der Waals surface area contributed by atoms with Gasteiger partial charge in [0.2, 0.25) is 11.8 Å². The van der Waals surface area contributed by atoms with Gasteiger partial charge in [0.05, 0.1) is 35.4 Å². The topological polar surface area (TPSA) is 173 Å². The van der Waals surface area contributed by atoms with Gasteiger partial charge in [0, 0.05) is 78.6 Å². The predicted octanol–water partition coefficient (Wildman–Crippen LogP) is 4.02. The number of pyridine rings is 3. The first-order chi connectivity index (χ1) is 24.7. The van der Waals surface area contributed by atoms with E-state index in [9.17, 15) is 28.4 Å². The fourth-order valence-electron chi connectivity index (χ4n) is 6.31. The van der Waals surface area contributed by atoms with Crippen molar-refractivity contribution >= 4 is 51.7 Å². The Balaban J connectivity index is 0.887. The maximum atomic E-state index is 14.8. The molecule has 51 heavy (non-hydrogen) atoms. The lowest BCUT2D eigenvalue weighted by molar-refractivity contribution is -0.136. The number of imide groups is 2. The number of Topliss-reactive ketones (excluding diaryl/α,β-unsaturated/α-hetero) is 1. The Bertz CT molecular complexity index is 2040. The van der Waals surface area contributed by atoms with Crippen molar-refractivity contribution in [3.05, 3.63) is 89.1 Å². The molecule has 4 amide bonds. The summed E-state index contributed by atoms with van der Waals surface area (Å²) in [5.74, 6) is -2.55. The first-order valence-corrected chi connectivity index (χ1v) is 17.0. The van der Waals surface area contributed by atoms with Gasteiger partial charge < -0.3 is 15.4 Å². The molecule has 2 atom stereocenters. The van der Waals surface area contributed by atoms with E-state index < -0.39 is 35.8 Å². The molecule has 13 nitrogen and oxygen atoms in total. The number of piperidine rings is 1. The normalized spacial score (nSPS) is 17.7. The Morgan fingerprint density at radius 3 is 2.71 bits per heavy atom. The van der Waals surface area contributed by atoms with Gasteiger partial charge in [0.25, 0.3) is 11.8 Å². The van der Waals surface area contributed by atoms with Crippen molar-refractivity contribution in [2.45, 2.75) is 63.2 Å². The van der Waals surface area contributed by atoms with E-state index in [4.69, 9.17) is 9.72 Å². The van der Waals surface area contributed by atoms with E-state index >= 15 is 0 Å². The summed E-state index contributed by atoms with van der Waals surface area (Å²) in [5.41, 5.74) is 4.26. The van der Waals surface area contributed by atoms with Crippen molar-refractivity contribution in [3.8, 4) is 0 Å². The first-order valence-electron chi connectivity index (χ1n) is 17.0. The maximum absolute atomic E-state index is 14.8. The van der Waals surface area contributed by atoms with E-state index in [1.54, 1.807) is 30.7 Å². The Morgan fingerprint density at radius 1 is 1.02 bits per heavy atom. The number of amides is 4. The zero-order chi connectivity index (χ0) is 35.5. The van der Waals surface area contributed by atoms with E-state index in [1.807, 2.05) is 24.3 Å². The number of ether oxygens (including phenoxy) is 1. The third kappa shape index (κ3) is 7.60. The number of carbonyl (C=O) groups excluding carboxylic acids is 5. The Kier molecular flexibility index (Phi) is 9.75. The number of anilines is 2. The van der Waals surface area contributed by atoms with Crippen LogP contribution in [0, 0.1) is 0 Å². The van der Waals surface area contributed by atoms with Crippen molar-refractivity contribution < 1.29 is 33.1 Å². The lowest BCUT2D eigenvalue weighted by Gasteiger charge is -2.27. The molecule has 3 aromatic heterocycles. The van der Waals surface area contributed by atoms with Crippen LogP contribution in [0.3, 0.4) is 0 Å². The van der Waals surface area contributed by atoms with Crippen LogP contribution in [0.4, 0.5) is 15.8 Å². The summed E-state index contributed by atoms with van der Waals surface area (Å²) in [6.07, 6.45) is 6.24. The highest BCUT2D eigenvalue weighted by Crippen LogP contribution is 2.32. The van der Waals surface area contributed by atoms with Crippen LogP contribution in [0.15, 0.2) is 61.1 Å². The van der Waals surface area contributed by atoms with E-state index in [1.165, 1.54) is 6.07 Å². The molecule has 14 heteroatoms. The maximum Gasteiger partial charge on any atom is 0.264 e. The number of carbonyl (C=O) groups is 5. The van der Waals surface area contributed by atoms with Crippen LogP contribution in [-0.4, -0.2) is 87.3 Å². The molecule has 262 valence electrons. The molecule has 3 aliphatic rings. The van der Waals surface area contributed by atoms with Crippen LogP contribution in [0.1, 0.15) is 81.0 Å². The predicted molar refractivity (Wildman–Crippen MR) is 184 cm³/mol. The molecular formula is C37H36FN7O6. The van der Waals surface area contributed by atoms with Crippen LogP contribution < -0.4 is 16.0 Å². The van der Waals surface area contributed by atoms with E-state index in [-0.39, 0.29) is 62.4 Å². The summed E-state index contributed by atoms with van der Waals surface area (Å²) in [6, 6.07) is 11.6. The van der Waals surface area contributed by atoms with E-state index in [0.29, 0.717) is 29.4 Å². The molecule has 2 fully saturated rings. The smallest absolute Gasteiger partial charge is 0.264 e. The Hall–Kier alpha value is -5.63. The number of halogens is 1. The number of benzene rings is 1. The van der Waals surface area contributed by atoms with Crippen molar-refractivity contribution in [3.63, 3.8) is 0 Å².